The molecule has 3 aliphatic rings. The predicted molar refractivity (Wildman–Crippen MR) is 121 cm³/mol. The number of hydrogen-bond acceptors (Lipinski definition) is 3. The second-order valence-electron chi connectivity index (χ2n) is 7.79. The lowest BCUT2D eigenvalue weighted by Crippen LogP contribution is -2.53. The number of hydrogen-bond donors (Lipinski definition) is 1. The maximum atomic E-state index is 14.1. The van der Waals surface area contributed by atoms with Crippen LogP contribution in [0.2, 0.25) is 5.02 Å². The molecule has 156 valence electrons. The van der Waals surface area contributed by atoms with Gasteiger partial charge in [0.05, 0.1) is 6.61 Å². The minimum atomic E-state index is -0.212. The minimum Gasteiger partial charge on any atom is -0.381 e. The number of piperazine rings is 1. The van der Waals surface area contributed by atoms with Crippen molar-refractivity contribution in [1.82, 2.24) is 15.1 Å². The van der Waals surface area contributed by atoms with Crippen LogP contribution < -0.4 is 5.32 Å². The zero-order valence-electron chi connectivity index (χ0n) is 16.2. The molecule has 0 amide bonds. The van der Waals surface area contributed by atoms with Crippen LogP contribution in [0.5, 0.6) is 0 Å². The average Bonchev–Trinajstić information content (AvgIpc) is 3.21. The van der Waals surface area contributed by atoms with Gasteiger partial charge in [-0.25, -0.2) is 4.39 Å². The Kier molecular flexibility index (Phi) is 7.81. The molecule has 0 bridgehead atoms. The molecule has 5 nitrogen and oxygen atoms in total. The van der Waals surface area contributed by atoms with Crippen LogP contribution in [0.25, 0.3) is 0 Å². The van der Waals surface area contributed by atoms with E-state index in [1.165, 1.54) is 12.5 Å². The largest absolute Gasteiger partial charge is 0.381 e. The van der Waals surface area contributed by atoms with Gasteiger partial charge in [0.15, 0.2) is 5.96 Å². The van der Waals surface area contributed by atoms with Crippen molar-refractivity contribution in [3.05, 3.63) is 34.6 Å². The summed E-state index contributed by atoms with van der Waals surface area (Å²) in [5, 5.41) is 4.03. The van der Waals surface area contributed by atoms with E-state index in [0.29, 0.717) is 16.5 Å². The van der Waals surface area contributed by atoms with Crippen molar-refractivity contribution in [1.29, 1.82) is 0 Å². The maximum absolute atomic E-state index is 14.1. The summed E-state index contributed by atoms with van der Waals surface area (Å²) in [4.78, 5) is 9.29. The highest BCUT2D eigenvalue weighted by molar-refractivity contribution is 14.0. The highest BCUT2D eigenvalue weighted by Crippen LogP contribution is 2.45. The van der Waals surface area contributed by atoms with Gasteiger partial charge in [0.1, 0.15) is 5.82 Å². The van der Waals surface area contributed by atoms with E-state index in [1.54, 1.807) is 12.1 Å². The molecule has 1 N–H and O–H groups in total. The van der Waals surface area contributed by atoms with Crippen molar-refractivity contribution in [2.75, 3.05) is 53.0 Å². The van der Waals surface area contributed by atoms with Gasteiger partial charge in [0.2, 0.25) is 0 Å². The van der Waals surface area contributed by atoms with E-state index >= 15 is 0 Å². The molecule has 2 saturated heterocycles. The molecule has 1 aliphatic carbocycles. The second kappa shape index (κ2) is 9.91. The van der Waals surface area contributed by atoms with Crippen LogP contribution in [-0.4, -0.2) is 74.8 Å². The van der Waals surface area contributed by atoms with E-state index < -0.39 is 0 Å². The lowest BCUT2D eigenvalue weighted by Gasteiger charge is -2.37. The number of aliphatic imine (C=N–C) groups is 1. The molecular formula is C20H29ClFIN4O. The molecule has 3 fully saturated rings. The third-order valence-corrected chi connectivity index (χ3v) is 6.23. The van der Waals surface area contributed by atoms with Gasteiger partial charge in [-0.3, -0.25) is 9.89 Å². The van der Waals surface area contributed by atoms with Gasteiger partial charge in [-0.15, -0.1) is 24.0 Å². The quantitative estimate of drug-likeness (QED) is 0.375. The van der Waals surface area contributed by atoms with Gasteiger partial charge < -0.3 is 15.0 Å². The molecular weight excluding hydrogens is 494 g/mol. The number of nitrogens with one attached hydrogen (secondary N) is 1. The molecule has 0 radical (unpaired) electrons. The maximum Gasteiger partial charge on any atom is 0.193 e. The van der Waals surface area contributed by atoms with E-state index in [2.05, 4.69) is 20.1 Å². The number of benzene rings is 1. The monoisotopic (exact) mass is 522 g/mol. The molecule has 3 unspecified atom stereocenters. The van der Waals surface area contributed by atoms with Crippen LogP contribution >= 0.6 is 35.6 Å². The summed E-state index contributed by atoms with van der Waals surface area (Å²) in [5.74, 6) is 1.51. The van der Waals surface area contributed by atoms with Crippen molar-refractivity contribution >= 4 is 41.5 Å². The first-order chi connectivity index (χ1) is 13.2. The summed E-state index contributed by atoms with van der Waals surface area (Å²) in [7, 11) is 1.82. The number of ether oxygens (including phenoxy) is 1. The molecule has 2 heterocycles. The average molecular weight is 523 g/mol. The standard InChI is InChI=1S/C20H28ClFN4O.HI/c1-23-20(24-18-11-15(18)19-16(21)3-2-4-17(19)22)26-8-6-25(7-9-26)12-14-5-10-27-13-14;/h2-4,14-15,18H,5-13H2,1H3,(H,23,24);1H. The van der Waals surface area contributed by atoms with E-state index in [-0.39, 0.29) is 41.8 Å². The fourth-order valence-electron chi connectivity index (χ4n) is 4.24. The fraction of sp³-hybridized carbons (Fsp3) is 0.650. The number of rotatable bonds is 4. The van der Waals surface area contributed by atoms with Crippen molar-refractivity contribution in [2.24, 2.45) is 10.9 Å². The summed E-state index contributed by atoms with van der Waals surface area (Å²) in [6, 6.07) is 5.10. The lowest BCUT2D eigenvalue weighted by molar-refractivity contribution is 0.139. The normalized spacial score (nSPS) is 28.2. The molecule has 1 aromatic rings. The van der Waals surface area contributed by atoms with Gasteiger partial charge in [-0.1, -0.05) is 17.7 Å². The molecule has 4 rings (SSSR count). The first-order valence-corrected chi connectivity index (χ1v) is 10.3. The first-order valence-electron chi connectivity index (χ1n) is 9.88. The molecule has 1 saturated carbocycles. The van der Waals surface area contributed by atoms with Crippen LogP contribution in [-0.2, 0) is 4.74 Å². The molecule has 1 aromatic carbocycles. The van der Waals surface area contributed by atoms with E-state index in [9.17, 15) is 4.39 Å². The van der Waals surface area contributed by atoms with E-state index in [1.807, 2.05) is 7.05 Å². The van der Waals surface area contributed by atoms with Crippen LogP contribution in [0.15, 0.2) is 23.2 Å². The lowest BCUT2D eigenvalue weighted by atomic mass is 10.1. The van der Waals surface area contributed by atoms with Gasteiger partial charge >= 0.3 is 0 Å². The summed E-state index contributed by atoms with van der Waals surface area (Å²) in [6.45, 7) is 6.97. The highest BCUT2D eigenvalue weighted by atomic mass is 127. The Labute approximate surface area is 188 Å². The topological polar surface area (TPSA) is 40.1 Å². The van der Waals surface area contributed by atoms with Crippen molar-refractivity contribution in [2.45, 2.75) is 24.8 Å². The number of halogens is 3. The Morgan fingerprint density at radius 3 is 2.75 bits per heavy atom. The zero-order valence-corrected chi connectivity index (χ0v) is 19.3. The number of nitrogens with zero attached hydrogens (tertiary/aromatic N) is 3. The summed E-state index contributed by atoms with van der Waals surface area (Å²) < 4.78 is 19.6. The van der Waals surface area contributed by atoms with Crippen LogP contribution in [0.1, 0.15) is 24.3 Å². The zero-order chi connectivity index (χ0) is 18.8. The predicted octanol–water partition coefficient (Wildman–Crippen LogP) is 3.18. The minimum absolute atomic E-state index is 0. The first kappa shape index (κ1) is 22.1. The second-order valence-corrected chi connectivity index (χ2v) is 8.20. The molecule has 8 heteroatoms. The Bertz CT molecular complexity index is 673. The smallest absolute Gasteiger partial charge is 0.193 e. The summed E-state index contributed by atoms with van der Waals surface area (Å²) >= 11 is 6.21. The van der Waals surface area contributed by atoms with Crippen molar-refractivity contribution in [3.8, 4) is 0 Å². The van der Waals surface area contributed by atoms with Crippen LogP contribution in [0.4, 0.5) is 4.39 Å². The summed E-state index contributed by atoms with van der Waals surface area (Å²) in [5.41, 5.74) is 0.635. The van der Waals surface area contributed by atoms with Crippen molar-refractivity contribution < 1.29 is 9.13 Å². The third kappa shape index (κ3) is 5.09. The molecule has 28 heavy (non-hydrogen) atoms. The van der Waals surface area contributed by atoms with Crippen LogP contribution in [0.3, 0.4) is 0 Å². The van der Waals surface area contributed by atoms with Gasteiger partial charge in [0.25, 0.3) is 0 Å². The van der Waals surface area contributed by atoms with Gasteiger partial charge in [0, 0.05) is 68.9 Å². The Hall–Kier alpha value is -0.640. The van der Waals surface area contributed by atoms with Crippen molar-refractivity contribution in [3.63, 3.8) is 0 Å². The van der Waals surface area contributed by atoms with E-state index in [0.717, 1.165) is 58.3 Å². The van der Waals surface area contributed by atoms with E-state index in [4.69, 9.17) is 16.3 Å². The fourth-order valence-corrected chi connectivity index (χ4v) is 4.54. The third-order valence-electron chi connectivity index (χ3n) is 5.90. The molecule has 0 aromatic heterocycles. The highest BCUT2D eigenvalue weighted by Gasteiger charge is 2.42. The molecule has 2 aliphatic heterocycles. The Morgan fingerprint density at radius 2 is 2.11 bits per heavy atom. The Morgan fingerprint density at radius 1 is 1.32 bits per heavy atom. The number of guanidine groups is 1. The van der Waals surface area contributed by atoms with Gasteiger partial charge in [-0.2, -0.15) is 0 Å². The SMILES string of the molecule is CN=C(NC1CC1c1c(F)cccc1Cl)N1CCN(CC2CCOC2)CC1.I. The van der Waals surface area contributed by atoms with Crippen LogP contribution in [0, 0.1) is 11.7 Å². The molecule has 0 spiro atoms. The summed E-state index contributed by atoms with van der Waals surface area (Å²) in [6.07, 6.45) is 2.08. The Balaban J connectivity index is 0.00000225. The molecule has 3 atom stereocenters. The van der Waals surface area contributed by atoms with Gasteiger partial charge in [-0.05, 0) is 30.9 Å².